The number of rotatable bonds is 6. The first-order valence-corrected chi connectivity index (χ1v) is 8.07. The van der Waals surface area contributed by atoms with E-state index in [0.717, 1.165) is 5.56 Å². The first kappa shape index (κ1) is 17.4. The van der Waals surface area contributed by atoms with E-state index in [9.17, 15) is 9.59 Å². The smallest absolute Gasteiger partial charge is 0.338 e. The Balaban J connectivity index is 1.65. The zero-order valence-corrected chi connectivity index (χ0v) is 14.3. The van der Waals surface area contributed by atoms with Gasteiger partial charge in [-0.1, -0.05) is 36.4 Å². The average molecular weight is 350 g/mol. The zero-order chi connectivity index (χ0) is 18.4. The van der Waals surface area contributed by atoms with Gasteiger partial charge in [-0.2, -0.15) is 0 Å². The molecule has 0 amide bonds. The third kappa shape index (κ3) is 4.16. The number of carbonyl (C=O) groups excluding carboxylic acids is 2. The van der Waals surface area contributed by atoms with Crippen LogP contribution >= 0.6 is 0 Å². The van der Waals surface area contributed by atoms with Crippen LogP contribution in [0.1, 0.15) is 32.1 Å². The molecule has 6 heteroatoms. The number of aromatic nitrogens is 2. The van der Waals surface area contributed by atoms with Crippen LogP contribution in [0.4, 0.5) is 0 Å². The largest absolute Gasteiger partial charge is 0.465 e. The predicted octanol–water partition coefficient (Wildman–Crippen LogP) is 3.08. The first-order chi connectivity index (χ1) is 12.7. The summed E-state index contributed by atoms with van der Waals surface area (Å²) in [5, 5.41) is 0. The third-order valence-electron chi connectivity index (χ3n) is 3.85. The van der Waals surface area contributed by atoms with Gasteiger partial charge in [0.05, 0.1) is 18.2 Å². The summed E-state index contributed by atoms with van der Waals surface area (Å²) in [6, 6.07) is 16.2. The molecule has 0 aliphatic heterocycles. The number of carbonyl (C=O) groups is 2. The number of imidazole rings is 1. The standard InChI is InChI=1S/C20H18N2O4/c1-25-19(23)16-8-5-9-17(12-16)20(24)26-14-18-21-10-11-22(18)13-15-6-3-2-4-7-15/h2-12H,13-14H2,1H3. The molecule has 0 saturated heterocycles. The van der Waals surface area contributed by atoms with Gasteiger partial charge < -0.3 is 14.0 Å². The molecule has 3 rings (SSSR count). The van der Waals surface area contributed by atoms with Crippen LogP contribution in [0.25, 0.3) is 0 Å². The average Bonchev–Trinajstić information content (AvgIpc) is 3.13. The lowest BCUT2D eigenvalue weighted by Gasteiger charge is -2.09. The molecule has 0 unspecified atom stereocenters. The van der Waals surface area contributed by atoms with Crippen LogP contribution in [0.3, 0.4) is 0 Å². The molecular formula is C20H18N2O4. The molecule has 1 aromatic heterocycles. The fourth-order valence-electron chi connectivity index (χ4n) is 2.51. The summed E-state index contributed by atoms with van der Waals surface area (Å²) >= 11 is 0. The number of benzene rings is 2. The Labute approximate surface area is 151 Å². The van der Waals surface area contributed by atoms with Crippen molar-refractivity contribution in [2.24, 2.45) is 0 Å². The highest BCUT2D eigenvalue weighted by Gasteiger charge is 2.13. The minimum absolute atomic E-state index is 0.0428. The quantitative estimate of drug-likeness (QED) is 0.639. The minimum atomic E-state index is -0.523. The summed E-state index contributed by atoms with van der Waals surface area (Å²) in [5.41, 5.74) is 1.71. The van der Waals surface area contributed by atoms with E-state index in [1.165, 1.54) is 13.2 Å². The van der Waals surface area contributed by atoms with Crippen LogP contribution in [-0.4, -0.2) is 28.6 Å². The van der Waals surface area contributed by atoms with Gasteiger partial charge in [-0.05, 0) is 23.8 Å². The van der Waals surface area contributed by atoms with E-state index in [1.807, 2.05) is 41.1 Å². The SMILES string of the molecule is COC(=O)c1cccc(C(=O)OCc2nccn2Cc2ccccc2)c1. The highest BCUT2D eigenvalue weighted by Crippen LogP contribution is 2.11. The van der Waals surface area contributed by atoms with Crippen molar-refractivity contribution in [2.45, 2.75) is 13.2 Å². The van der Waals surface area contributed by atoms with E-state index < -0.39 is 11.9 Å². The van der Waals surface area contributed by atoms with Gasteiger partial charge in [0.25, 0.3) is 0 Å². The van der Waals surface area contributed by atoms with E-state index in [4.69, 9.17) is 4.74 Å². The predicted molar refractivity (Wildman–Crippen MR) is 94.7 cm³/mol. The maximum atomic E-state index is 12.3. The Morgan fingerprint density at radius 2 is 1.73 bits per heavy atom. The molecule has 0 fully saturated rings. The van der Waals surface area contributed by atoms with Crippen LogP contribution in [0, 0.1) is 0 Å². The molecule has 0 atom stereocenters. The minimum Gasteiger partial charge on any atom is -0.465 e. The monoisotopic (exact) mass is 350 g/mol. The number of methoxy groups -OCH3 is 1. The van der Waals surface area contributed by atoms with Gasteiger partial charge in [-0.25, -0.2) is 14.6 Å². The Bertz CT molecular complexity index is 903. The molecule has 0 saturated carbocycles. The lowest BCUT2D eigenvalue weighted by molar-refractivity contribution is 0.0458. The number of hydrogen-bond donors (Lipinski definition) is 0. The van der Waals surface area contributed by atoms with Gasteiger partial charge in [0, 0.05) is 18.9 Å². The number of ether oxygens (including phenoxy) is 2. The first-order valence-electron chi connectivity index (χ1n) is 8.07. The van der Waals surface area contributed by atoms with Crippen LogP contribution < -0.4 is 0 Å². The van der Waals surface area contributed by atoms with E-state index in [-0.39, 0.29) is 12.2 Å². The Morgan fingerprint density at radius 1 is 1.00 bits per heavy atom. The molecule has 132 valence electrons. The molecule has 0 bridgehead atoms. The Kier molecular flexibility index (Phi) is 5.43. The molecule has 0 aliphatic rings. The van der Waals surface area contributed by atoms with E-state index in [2.05, 4.69) is 9.72 Å². The Hall–Kier alpha value is -3.41. The van der Waals surface area contributed by atoms with Crippen molar-refractivity contribution in [1.29, 1.82) is 0 Å². The lowest BCUT2D eigenvalue weighted by Crippen LogP contribution is -2.11. The molecule has 1 heterocycles. The second-order valence-corrected chi connectivity index (χ2v) is 5.61. The maximum absolute atomic E-state index is 12.3. The van der Waals surface area contributed by atoms with E-state index in [1.54, 1.807) is 24.4 Å². The lowest BCUT2D eigenvalue weighted by atomic mass is 10.1. The van der Waals surface area contributed by atoms with Gasteiger partial charge in [0.15, 0.2) is 0 Å². The van der Waals surface area contributed by atoms with E-state index in [0.29, 0.717) is 17.9 Å². The van der Waals surface area contributed by atoms with Gasteiger partial charge in [0.1, 0.15) is 12.4 Å². The van der Waals surface area contributed by atoms with Crippen molar-refractivity contribution in [2.75, 3.05) is 7.11 Å². The molecule has 0 N–H and O–H groups in total. The number of esters is 2. The van der Waals surface area contributed by atoms with Crippen LogP contribution in [0.5, 0.6) is 0 Å². The Morgan fingerprint density at radius 3 is 2.46 bits per heavy atom. The van der Waals surface area contributed by atoms with Crippen molar-refractivity contribution >= 4 is 11.9 Å². The molecular weight excluding hydrogens is 332 g/mol. The van der Waals surface area contributed by atoms with Gasteiger partial charge in [-0.15, -0.1) is 0 Å². The van der Waals surface area contributed by atoms with Crippen LogP contribution in [0.15, 0.2) is 67.0 Å². The van der Waals surface area contributed by atoms with Crippen molar-refractivity contribution in [3.8, 4) is 0 Å². The summed E-state index contributed by atoms with van der Waals surface area (Å²) in [5.74, 6) is -0.380. The van der Waals surface area contributed by atoms with E-state index >= 15 is 0 Å². The second kappa shape index (κ2) is 8.11. The molecule has 0 radical (unpaired) electrons. The molecule has 3 aromatic rings. The molecule has 0 aliphatic carbocycles. The van der Waals surface area contributed by atoms with Gasteiger partial charge >= 0.3 is 11.9 Å². The fraction of sp³-hybridized carbons (Fsp3) is 0.150. The maximum Gasteiger partial charge on any atom is 0.338 e. The summed E-state index contributed by atoms with van der Waals surface area (Å²) in [6.45, 7) is 0.687. The third-order valence-corrected chi connectivity index (χ3v) is 3.85. The van der Waals surface area contributed by atoms with Crippen molar-refractivity contribution < 1.29 is 19.1 Å². The summed E-state index contributed by atoms with van der Waals surface area (Å²) < 4.78 is 11.9. The van der Waals surface area contributed by atoms with Crippen molar-refractivity contribution in [3.63, 3.8) is 0 Å². The highest BCUT2D eigenvalue weighted by atomic mass is 16.5. The van der Waals surface area contributed by atoms with Gasteiger partial charge in [0.2, 0.25) is 0 Å². The molecule has 2 aromatic carbocycles. The number of nitrogens with zero attached hydrogens (tertiary/aromatic N) is 2. The van der Waals surface area contributed by atoms with Crippen LogP contribution in [0.2, 0.25) is 0 Å². The number of hydrogen-bond acceptors (Lipinski definition) is 5. The summed E-state index contributed by atoms with van der Waals surface area (Å²) in [6.07, 6.45) is 3.51. The highest BCUT2D eigenvalue weighted by molar-refractivity contribution is 5.95. The van der Waals surface area contributed by atoms with Crippen LogP contribution in [-0.2, 0) is 22.6 Å². The normalized spacial score (nSPS) is 10.3. The molecule has 0 spiro atoms. The molecule has 6 nitrogen and oxygen atoms in total. The second-order valence-electron chi connectivity index (χ2n) is 5.61. The topological polar surface area (TPSA) is 70.4 Å². The van der Waals surface area contributed by atoms with Crippen molar-refractivity contribution in [1.82, 2.24) is 9.55 Å². The summed E-state index contributed by atoms with van der Waals surface area (Å²) in [7, 11) is 1.29. The summed E-state index contributed by atoms with van der Waals surface area (Å²) in [4.78, 5) is 28.1. The van der Waals surface area contributed by atoms with Gasteiger partial charge in [-0.3, -0.25) is 0 Å². The molecule has 26 heavy (non-hydrogen) atoms. The fourth-order valence-corrected chi connectivity index (χ4v) is 2.51. The zero-order valence-electron chi connectivity index (χ0n) is 14.3. The van der Waals surface area contributed by atoms with Crippen molar-refractivity contribution in [3.05, 3.63) is 89.5 Å².